The molecule has 3 aromatic rings. The number of nitrogens with one attached hydrogen (secondary N) is 1. The van der Waals surface area contributed by atoms with Crippen LogP contribution in [0.3, 0.4) is 0 Å². The molecule has 23 heavy (non-hydrogen) atoms. The molecule has 0 unspecified atom stereocenters. The van der Waals surface area contributed by atoms with E-state index in [1.54, 1.807) is 12.1 Å². The number of hydrogen-bond donors (Lipinski definition) is 2. The van der Waals surface area contributed by atoms with Crippen molar-refractivity contribution in [3.05, 3.63) is 71.2 Å². The van der Waals surface area contributed by atoms with Gasteiger partial charge in [-0.2, -0.15) is 0 Å². The van der Waals surface area contributed by atoms with Crippen molar-refractivity contribution in [3.63, 3.8) is 0 Å². The topological polar surface area (TPSA) is 37.2 Å². The summed E-state index contributed by atoms with van der Waals surface area (Å²) in [5.41, 5.74) is 4.23. The zero-order valence-electron chi connectivity index (χ0n) is 13.2. The van der Waals surface area contributed by atoms with Gasteiger partial charge in [-0.15, -0.1) is 0 Å². The number of rotatable bonds is 6. The fraction of sp³-hybridized carbons (Fsp3) is 0.263. The largest absolute Gasteiger partial charge is 0.395 e. The maximum absolute atomic E-state index is 14.0. The number of aliphatic hydroxyl groups excluding tert-OH is 1. The number of aryl methyl sites for hydroxylation is 1. The molecule has 2 N–H and O–H groups in total. The van der Waals surface area contributed by atoms with Crippen molar-refractivity contribution < 1.29 is 9.50 Å². The molecule has 120 valence electrons. The zero-order chi connectivity index (χ0) is 16.2. The van der Waals surface area contributed by atoms with Crippen LogP contribution in [0.2, 0.25) is 0 Å². The van der Waals surface area contributed by atoms with Crippen LogP contribution in [0.1, 0.15) is 16.7 Å². The lowest BCUT2D eigenvalue weighted by Crippen LogP contribution is -2.17. The molecule has 0 atom stereocenters. The summed E-state index contributed by atoms with van der Waals surface area (Å²) in [6.45, 7) is 3.91. The van der Waals surface area contributed by atoms with E-state index in [9.17, 15) is 4.39 Å². The highest BCUT2D eigenvalue weighted by molar-refractivity contribution is 5.84. The fourth-order valence-electron chi connectivity index (χ4n) is 2.81. The van der Waals surface area contributed by atoms with Gasteiger partial charge >= 0.3 is 0 Å². The third-order valence-corrected chi connectivity index (χ3v) is 4.02. The molecule has 0 aliphatic heterocycles. The van der Waals surface area contributed by atoms with E-state index in [-0.39, 0.29) is 12.4 Å². The van der Waals surface area contributed by atoms with Gasteiger partial charge in [-0.25, -0.2) is 4.39 Å². The molecule has 2 aromatic carbocycles. The zero-order valence-corrected chi connectivity index (χ0v) is 13.2. The Morgan fingerprint density at radius 1 is 1.13 bits per heavy atom. The third-order valence-electron chi connectivity index (χ3n) is 4.02. The summed E-state index contributed by atoms with van der Waals surface area (Å²) >= 11 is 0. The van der Waals surface area contributed by atoms with Crippen LogP contribution in [-0.2, 0) is 13.1 Å². The lowest BCUT2D eigenvalue weighted by Gasteiger charge is -2.09. The maximum Gasteiger partial charge on any atom is 0.125 e. The van der Waals surface area contributed by atoms with Crippen molar-refractivity contribution in [1.29, 1.82) is 0 Å². The van der Waals surface area contributed by atoms with Gasteiger partial charge in [0.25, 0.3) is 0 Å². The highest BCUT2D eigenvalue weighted by Gasteiger charge is 2.09. The number of halogens is 1. The van der Waals surface area contributed by atoms with Crippen LogP contribution < -0.4 is 5.32 Å². The first-order valence-corrected chi connectivity index (χ1v) is 7.82. The smallest absolute Gasteiger partial charge is 0.125 e. The Kier molecular flexibility index (Phi) is 4.74. The van der Waals surface area contributed by atoms with E-state index in [1.165, 1.54) is 11.1 Å². The molecule has 3 nitrogen and oxygen atoms in total. The van der Waals surface area contributed by atoms with Gasteiger partial charge in [-0.1, -0.05) is 29.8 Å². The van der Waals surface area contributed by atoms with Crippen LogP contribution in [0.15, 0.2) is 48.7 Å². The van der Waals surface area contributed by atoms with Crippen LogP contribution in [0.5, 0.6) is 0 Å². The molecule has 0 radical (unpaired) electrons. The Hall–Kier alpha value is -2.17. The number of nitrogens with zero attached hydrogens (tertiary/aromatic N) is 1. The molecule has 4 heteroatoms. The van der Waals surface area contributed by atoms with Gasteiger partial charge in [0.1, 0.15) is 5.82 Å². The highest BCUT2D eigenvalue weighted by atomic mass is 19.1. The first kappa shape index (κ1) is 15.7. The summed E-state index contributed by atoms with van der Waals surface area (Å²) in [6, 6.07) is 13.5. The van der Waals surface area contributed by atoms with E-state index in [0.717, 1.165) is 23.0 Å². The Labute approximate surface area is 135 Å². The molecule has 0 bridgehead atoms. The predicted molar refractivity (Wildman–Crippen MR) is 91.0 cm³/mol. The van der Waals surface area contributed by atoms with Crippen molar-refractivity contribution in [3.8, 4) is 0 Å². The van der Waals surface area contributed by atoms with Gasteiger partial charge in [-0.3, -0.25) is 0 Å². The van der Waals surface area contributed by atoms with Crippen molar-refractivity contribution in [2.24, 2.45) is 0 Å². The average molecular weight is 312 g/mol. The van der Waals surface area contributed by atoms with Crippen LogP contribution in [-0.4, -0.2) is 22.8 Å². The number of aromatic nitrogens is 1. The number of hydrogen-bond acceptors (Lipinski definition) is 2. The van der Waals surface area contributed by atoms with Crippen LogP contribution in [0, 0.1) is 12.7 Å². The fourth-order valence-corrected chi connectivity index (χ4v) is 2.81. The summed E-state index contributed by atoms with van der Waals surface area (Å²) in [5, 5.41) is 13.0. The van der Waals surface area contributed by atoms with Crippen LogP contribution in [0.25, 0.3) is 10.9 Å². The average Bonchev–Trinajstić information content (AvgIpc) is 2.93. The second-order valence-corrected chi connectivity index (χ2v) is 5.83. The van der Waals surface area contributed by atoms with Crippen LogP contribution in [0.4, 0.5) is 4.39 Å². The third kappa shape index (κ3) is 3.60. The first-order chi connectivity index (χ1) is 11.2. The van der Waals surface area contributed by atoms with Crippen molar-refractivity contribution in [1.82, 2.24) is 9.88 Å². The summed E-state index contributed by atoms with van der Waals surface area (Å²) < 4.78 is 16.0. The summed E-state index contributed by atoms with van der Waals surface area (Å²) in [5.74, 6) is -0.234. The van der Waals surface area contributed by atoms with Gasteiger partial charge in [0.2, 0.25) is 0 Å². The van der Waals surface area contributed by atoms with E-state index >= 15 is 0 Å². The predicted octanol–water partition coefficient (Wildman–Crippen LogP) is 3.22. The van der Waals surface area contributed by atoms with E-state index < -0.39 is 0 Å². The molecule has 0 spiro atoms. The Bertz CT molecular complexity index is 793. The minimum atomic E-state index is -0.234. The summed E-state index contributed by atoms with van der Waals surface area (Å²) in [6.07, 6.45) is 2.00. The number of benzene rings is 2. The normalized spacial score (nSPS) is 11.3. The van der Waals surface area contributed by atoms with E-state index in [0.29, 0.717) is 13.1 Å². The SMILES string of the molecule is Cc1ccc(Cn2ccc3c(CNCCO)cc(F)cc32)cc1. The minimum Gasteiger partial charge on any atom is -0.395 e. The molecule has 0 aliphatic carbocycles. The Morgan fingerprint density at radius 3 is 2.65 bits per heavy atom. The van der Waals surface area contributed by atoms with E-state index in [1.807, 2.05) is 12.3 Å². The van der Waals surface area contributed by atoms with E-state index in [2.05, 4.69) is 41.1 Å². The monoisotopic (exact) mass is 312 g/mol. The highest BCUT2D eigenvalue weighted by Crippen LogP contribution is 2.23. The molecule has 1 heterocycles. The van der Waals surface area contributed by atoms with Gasteiger partial charge in [0.05, 0.1) is 12.1 Å². The number of fused-ring (bicyclic) bond motifs is 1. The van der Waals surface area contributed by atoms with Crippen molar-refractivity contribution >= 4 is 10.9 Å². The minimum absolute atomic E-state index is 0.0763. The lowest BCUT2D eigenvalue weighted by atomic mass is 10.1. The molecule has 0 aliphatic rings. The Balaban J connectivity index is 1.91. The Morgan fingerprint density at radius 2 is 1.91 bits per heavy atom. The second kappa shape index (κ2) is 6.94. The molecule has 0 fully saturated rings. The molecule has 0 amide bonds. The number of aliphatic hydroxyl groups is 1. The van der Waals surface area contributed by atoms with Gasteiger partial charge in [0.15, 0.2) is 0 Å². The maximum atomic E-state index is 14.0. The molecular formula is C19H21FN2O. The van der Waals surface area contributed by atoms with Gasteiger partial charge in [-0.05, 0) is 36.2 Å². The summed E-state index contributed by atoms with van der Waals surface area (Å²) in [4.78, 5) is 0. The lowest BCUT2D eigenvalue weighted by molar-refractivity contribution is 0.292. The molecule has 1 aromatic heterocycles. The molecular weight excluding hydrogens is 291 g/mol. The van der Waals surface area contributed by atoms with Crippen molar-refractivity contribution in [2.45, 2.75) is 20.0 Å². The molecule has 3 rings (SSSR count). The molecule has 0 saturated heterocycles. The van der Waals surface area contributed by atoms with Crippen LogP contribution >= 0.6 is 0 Å². The van der Waals surface area contributed by atoms with Crippen molar-refractivity contribution in [2.75, 3.05) is 13.2 Å². The quantitative estimate of drug-likeness (QED) is 0.686. The second-order valence-electron chi connectivity index (χ2n) is 5.83. The van der Waals surface area contributed by atoms with Gasteiger partial charge < -0.3 is 15.0 Å². The first-order valence-electron chi connectivity index (χ1n) is 7.82. The van der Waals surface area contributed by atoms with E-state index in [4.69, 9.17) is 5.11 Å². The van der Waals surface area contributed by atoms with Gasteiger partial charge in [0, 0.05) is 31.2 Å². The molecule has 0 saturated carbocycles. The summed E-state index contributed by atoms with van der Waals surface area (Å²) in [7, 11) is 0. The standard InChI is InChI=1S/C19H21FN2O/c1-14-2-4-15(5-3-14)13-22-8-6-18-16(12-21-7-9-23)10-17(20)11-19(18)22/h2-6,8,10-11,21,23H,7,9,12-13H2,1H3.